The molecule has 5 heteroatoms. The van der Waals surface area contributed by atoms with Crippen LogP contribution in [0.25, 0.3) is 0 Å². The van der Waals surface area contributed by atoms with Crippen molar-refractivity contribution in [3.63, 3.8) is 0 Å². The molecule has 0 aliphatic carbocycles. The molecular weight excluding hydrogens is 278 g/mol. The van der Waals surface area contributed by atoms with Gasteiger partial charge in [-0.3, -0.25) is 0 Å². The van der Waals surface area contributed by atoms with Crippen LogP contribution in [0, 0.1) is 0 Å². The van der Waals surface area contributed by atoms with Gasteiger partial charge in [0.05, 0.1) is 0 Å². The summed E-state index contributed by atoms with van der Waals surface area (Å²) in [4.78, 5) is 0. The van der Waals surface area contributed by atoms with Gasteiger partial charge in [-0.2, -0.15) is 0 Å². The summed E-state index contributed by atoms with van der Waals surface area (Å²) in [5.74, 6) is 4.67. The Hall–Kier alpha value is 2.35. The van der Waals surface area contributed by atoms with Crippen molar-refractivity contribution in [1.29, 1.82) is 0 Å². The van der Waals surface area contributed by atoms with E-state index in [2.05, 4.69) is 58.9 Å². The maximum atomic E-state index is 2.54. The molecule has 0 nitrogen and oxygen atoms in total. The van der Waals surface area contributed by atoms with Gasteiger partial charge in [0.25, 0.3) is 0 Å². The van der Waals surface area contributed by atoms with Crippen molar-refractivity contribution in [3.8, 4) is 0 Å². The molecule has 0 saturated carbocycles. The maximum absolute atomic E-state index is 2.54. The summed E-state index contributed by atoms with van der Waals surface area (Å²) in [7, 11) is -2.63. The van der Waals surface area contributed by atoms with Crippen molar-refractivity contribution in [2.45, 2.75) is 76.8 Å². The fourth-order valence-corrected chi connectivity index (χ4v) is 9.74. The third-order valence-electron chi connectivity index (χ3n) is 2.70. The second-order valence-corrected chi connectivity index (χ2v) is 25.7. The molecular formula is C12H33BKSi3. The summed E-state index contributed by atoms with van der Waals surface area (Å²) < 4.78 is 0. The van der Waals surface area contributed by atoms with Gasteiger partial charge in [-0.1, -0.05) is 58.9 Å². The van der Waals surface area contributed by atoms with Gasteiger partial charge in [0.15, 0.2) is 0 Å². The van der Waals surface area contributed by atoms with E-state index >= 15 is 0 Å². The van der Waals surface area contributed by atoms with Gasteiger partial charge in [-0.25, -0.2) is 17.8 Å². The number of hydrogen-bond acceptors (Lipinski definition) is 0. The molecule has 0 aliphatic rings. The minimum Gasteiger partial charge on any atom is -0.213 e. The topological polar surface area (TPSA) is 0 Å². The van der Waals surface area contributed by atoms with Gasteiger partial charge in [0, 0.05) is 24.2 Å². The molecule has 97 valence electrons. The SMILES string of the molecule is C[Si](C)(C)C[B-](C[Si](C)(C)C)C[Si](C)(C)C.[K+]. The third kappa shape index (κ3) is 16.3. The zero-order valence-corrected chi connectivity index (χ0v) is 20.3. The van der Waals surface area contributed by atoms with E-state index in [1.807, 2.05) is 0 Å². The summed E-state index contributed by atoms with van der Waals surface area (Å²) in [5, 5.41) is 0. The minimum atomic E-state index is -0.875. The van der Waals surface area contributed by atoms with Crippen LogP contribution < -0.4 is 51.4 Å². The van der Waals surface area contributed by atoms with Gasteiger partial charge in [-0.15, -0.1) is 6.71 Å². The number of rotatable bonds is 6. The molecule has 0 unspecified atom stereocenters. The first-order valence-electron chi connectivity index (χ1n) is 6.79. The van der Waals surface area contributed by atoms with Gasteiger partial charge in [0.2, 0.25) is 0 Å². The van der Waals surface area contributed by atoms with Crippen LogP contribution in [0.2, 0.25) is 76.8 Å². The maximum Gasteiger partial charge on any atom is 1.00 e. The van der Waals surface area contributed by atoms with Crippen LogP contribution in [-0.4, -0.2) is 30.9 Å². The van der Waals surface area contributed by atoms with Gasteiger partial charge in [-0.05, 0) is 0 Å². The molecule has 0 saturated heterocycles. The van der Waals surface area contributed by atoms with E-state index < -0.39 is 24.2 Å². The Morgan fingerprint density at radius 2 is 0.706 bits per heavy atom. The van der Waals surface area contributed by atoms with E-state index in [1.165, 1.54) is 0 Å². The molecule has 0 rings (SSSR count). The molecule has 0 N–H and O–H groups in total. The van der Waals surface area contributed by atoms with E-state index in [9.17, 15) is 0 Å². The van der Waals surface area contributed by atoms with E-state index in [-0.39, 0.29) is 51.4 Å². The molecule has 1 radical (unpaired) electrons. The Morgan fingerprint density at radius 3 is 0.824 bits per heavy atom. The van der Waals surface area contributed by atoms with Crippen LogP contribution in [0.4, 0.5) is 0 Å². The van der Waals surface area contributed by atoms with Crippen LogP contribution in [0.15, 0.2) is 0 Å². The molecule has 0 atom stereocenters. The van der Waals surface area contributed by atoms with Gasteiger partial charge < -0.3 is 0 Å². The smallest absolute Gasteiger partial charge is 0.213 e. The standard InChI is InChI=1S/C12H33BSi3.K/c1-14(2,3)10-13(11-15(4,5)6)12-16(7,8)9;/h10-12H2,1-9H3;/q-1;+1. The largest absolute Gasteiger partial charge is 1.00 e. The molecule has 17 heavy (non-hydrogen) atoms. The van der Waals surface area contributed by atoms with Gasteiger partial charge >= 0.3 is 51.4 Å². The molecule has 0 amide bonds. The molecule has 0 heterocycles. The van der Waals surface area contributed by atoms with Gasteiger partial charge in [0.1, 0.15) is 0 Å². The molecule has 0 fully saturated rings. The average molecular weight is 312 g/mol. The third-order valence-corrected chi connectivity index (χ3v) is 8.11. The predicted octanol–water partition coefficient (Wildman–Crippen LogP) is 2.12. The Morgan fingerprint density at radius 1 is 0.529 bits per heavy atom. The van der Waals surface area contributed by atoms with E-state index in [1.54, 1.807) is 17.8 Å². The molecule has 0 bridgehead atoms. The van der Waals surface area contributed by atoms with Crippen molar-refractivity contribution < 1.29 is 51.4 Å². The van der Waals surface area contributed by atoms with Crippen molar-refractivity contribution in [2.24, 2.45) is 0 Å². The number of hydrogen-bond donors (Lipinski definition) is 0. The summed E-state index contributed by atoms with van der Waals surface area (Å²) in [6.07, 6.45) is 0. The van der Waals surface area contributed by atoms with Crippen LogP contribution in [0.3, 0.4) is 0 Å². The molecule has 0 aromatic carbocycles. The summed E-state index contributed by atoms with van der Waals surface area (Å²) in [5.41, 5.74) is 0. The monoisotopic (exact) mass is 311 g/mol. The Labute approximate surface area is 157 Å². The minimum absolute atomic E-state index is 0. The van der Waals surface area contributed by atoms with Crippen LogP contribution in [0.1, 0.15) is 0 Å². The second-order valence-electron chi connectivity index (χ2n) is 9.16. The zero-order valence-electron chi connectivity index (χ0n) is 14.2. The Balaban J connectivity index is 0. The summed E-state index contributed by atoms with van der Waals surface area (Å²) >= 11 is 0. The van der Waals surface area contributed by atoms with Crippen molar-refractivity contribution in [2.75, 3.05) is 0 Å². The normalized spacial score (nSPS) is 13.8. The molecule has 0 aliphatic heterocycles. The van der Waals surface area contributed by atoms with Crippen LogP contribution in [-0.2, 0) is 0 Å². The van der Waals surface area contributed by atoms with Crippen molar-refractivity contribution in [3.05, 3.63) is 0 Å². The van der Waals surface area contributed by atoms with Crippen LogP contribution in [0.5, 0.6) is 0 Å². The molecule has 0 spiro atoms. The van der Waals surface area contributed by atoms with Crippen molar-refractivity contribution in [1.82, 2.24) is 0 Å². The van der Waals surface area contributed by atoms with E-state index in [0.29, 0.717) is 0 Å². The van der Waals surface area contributed by atoms with Crippen LogP contribution >= 0.6 is 0 Å². The Bertz CT molecular complexity index is 175. The first-order valence-corrected chi connectivity index (χ1v) is 17.9. The fourth-order valence-electron chi connectivity index (χ4n) is 2.81. The molecule has 0 aromatic heterocycles. The molecule has 0 aromatic rings. The van der Waals surface area contributed by atoms with E-state index in [0.717, 1.165) is 6.71 Å². The Kier molecular flexibility index (Phi) is 10.1. The summed E-state index contributed by atoms with van der Waals surface area (Å²) in [6.45, 7) is 23.9. The summed E-state index contributed by atoms with van der Waals surface area (Å²) in [6, 6.07) is 0. The zero-order chi connectivity index (χ0) is 13.2. The van der Waals surface area contributed by atoms with Crippen molar-refractivity contribution >= 4 is 30.9 Å². The predicted molar refractivity (Wildman–Crippen MR) is 90.2 cm³/mol. The quantitative estimate of drug-likeness (QED) is 0.659. The second kappa shape index (κ2) is 7.96. The average Bonchev–Trinajstić information content (AvgIpc) is 1.70. The first kappa shape index (κ1) is 21.6. The fraction of sp³-hybridized carbons (Fsp3) is 1.00. The first-order chi connectivity index (χ1) is 6.79. The van der Waals surface area contributed by atoms with E-state index in [4.69, 9.17) is 0 Å².